The van der Waals surface area contributed by atoms with Crippen molar-refractivity contribution in [2.45, 2.75) is 0 Å². The summed E-state index contributed by atoms with van der Waals surface area (Å²) in [4.78, 5) is 2.40. The van der Waals surface area contributed by atoms with E-state index >= 15 is 0 Å². The van der Waals surface area contributed by atoms with Gasteiger partial charge in [-0.15, -0.1) is 0 Å². The van der Waals surface area contributed by atoms with Crippen LogP contribution < -0.4 is 4.90 Å². The van der Waals surface area contributed by atoms with E-state index in [0.717, 1.165) is 55.7 Å². The monoisotopic (exact) mass is 878 g/mol. The van der Waals surface area contributed by atoms with Gasteiger partial charge in [-0.1, -0.05) is 188 Å². The molecule has 0 saturated heterocycles. The van der Waals surface area contributed by atoms with E-state index in [1.165, 1.54) is 76.5 Å². The summed E-state index contributed by atoms with van der Waals surface area (Å²) in [5.41, 5.74) is 15.4. The van der Waals surface area contributed by atoms with Crippen molar-refractivity contribution in [3.05, 3.63) is 255 Å². The van der Waals surface area contributed by atoms with Crippen molar-refractivity contribution in [2.24, 2.45) is 0 Å². The number of hydrogen-bond donors (Lipinski definition) is 0. The van der Waals surface area contributed by atoms with Crippen LogP contribution in [0, 0.1) is 0 Å². The zero-order chi connectivity index (χ0) is 45.4. The molecule has 0 aliphatic carbocycles. The van der Waals surface area contributed by atoms with E-state index in [1.807, 2.05) is 0 Å². The quantitative estimate of drug-likeness (QED) is 0.159. The van der Waals surface area contributed by atoms with Crippen LogP contribution in [0.2, 0.25) is 0 Å². The number of anilines is 3. The fourth-order valence-electron chi connectivity index (χ4n) is 11.0. The molecule has 322 valence electrons. The predicted molar refractivity (Wildman–Crippen MR) is 292 cm³/mol. The normalized spacial score (nSPS) is 11.8. The van der Waals surface area contributed by atoms with Gasteiger partial charge < -0.3 is 13.9 Å². The SMILES string of the molecule is c1ccc2cc(-c3ccc(N(c4ccc(-c5cccc6c5c5ccccc5n6-c5cccc6ccccc56)cc4)c4ccc(-c5cccc6ccccc56)c5oc6ccccc6c45)cc3)ccc2c1. The molecule has 0 N–H and O–H groups in total. The number of para-hydroxylation sites is 2. The van der Waals surface area contributed by atoms with Gasteiger partial charge in [-0.2, -0.15) is 0 Å². The summed E-state index contributed by atoms with van der Waals surface area (Å²) in [5, 5.41) is 11.9. The van der Waals surface area contributed by atoms with Crippen molar-refractivity contribution in [2.75, 3.05) is 4.90 Å². The van der Waals surface area contributed by atoms with Crippen LogP contribution in [0.5, 0.6) is 0 Å². The number of rotatable bonds is 7. The minimum absolute atomic E-state index is 0.860. The Balaban J connectivity index is 0.956. The zero-order valence-corrected chi connectivity index (χ0v) is 37.6. The molecule has 0 bridgehead atoms. The second-order valence-electron chi connectivity index (χ2n) is 18.0. The fraction of sp³-hybridized carbons (Fsp3) is 0. The van der Waals surface area contributed by atoms with Gasteiger partial charge in [-0.25, -0.2) is 0 Å². The van der Waals surface area contributed by atoms with Crippen LogP contribution in [-0.4, -0.2) is 4.57 Å². The highest BCUT2D eigenvalue weighted by molar-refractivity contribution is 6.19. The van der Waals surface area contributed by atoms with Crippen LogP contribution in [0.25, 0.3) is 115 Å². The molecule has 0 aliphatic rings. The molecular weight excluding hydrogens is 837 g/mol. The van der Waals surface area contributed by atoms with Crippen LogP contribution in [-0.2, 0) is 0 Å². The predicted octanol–water partition coefficient (Wildman–Crippen LogP) is 18.6. The Hall–Kier alpha value is -9.18. The maximum atomic E-state index is 6.94. The lowest BCUT2D eigenvalue weighted by Gasteiger charge is -2.27. The van der Waals surface area contributed by atoms with E-state index in [9.17, 15) is 0 Å². The third-order valence-corrected chi connectivity index (χ3v) is 14.2. The van der Waals surface area contributed by atoms with Gasteiger partial charge in [0.1, 0.15) is 11.2 Å². The van der Waals surface area contributed by atoms with E-state index in [2.05, 4.69) is 264 Å². The Morgan fingerprint density at radius 1 is 0.319 bits per heavy atom. The van der Waals surface area contributed by atoms with Gasteiger partial charge in [0.05, 0.1) is 27.8 Å². The molecule has 12 aromatic carbocycles. The average molecular weight is 879 g/mol. The molecule has 0 fully saturated rings. The first-order valence-electron chi connectivity index (χ1n) is 23.7. The topological polar surface area (TPSA) is 21.3 Å². The molecule has 2 aromatic heterocycles. The maximum absolute atomic E-state index is 6.94. The highest BCUT2D eigenvalue weighted by Gasteiger charge is 2.24. The Morgan fingerprint density at radius 3 is 1.68 bits per heavy atom. The van der Waals surface area contributed by atoms with Crippen LogP contribution >= 0.6 is 0 Å². The van der Waals surface area contributed by atoms with E-state index in [-0.39, 0.29) is 0 Å². The third-order valence-electron chi connectivity index (χ3n) is 14.2. The number of nitrogens with zero attached hydrogens (tertiary/aromatic N) is 2. The molecule has 0 aliphatic heterocycles. The number of hydrogen-bond acceptors (Lipinski definition) is 2. The van der Waals surface area contributed by atoms with Gasteiger partial charge >= 0.3 is 0 Å². The molecule has 0 amide bonds. The number of benzene rings is 12. The Morgan fingerprint density at radius 2 is 0.884 bits per heavy atom. The summed E-state index contributed by atoms with van der Waals surface area (Å²) in [7, 11) is 0. The van der Waals surface area contributed by atoms with Crippen molar-refractivity contribution in [3.63, 3.8) is 0 Å². The molecule has 3 heteroatoms. The lowest BCUT2D eigenvalue weighted by molar-refractivity contribution is 0.670. The minimum atomic E-state index is 0.860. The molecule has 0 saturated carbocycles. The van der Waals surface area contributed by atoms with Gasteiger partial charge in [-0.3, -0.25) is 0 Å². The smallest absolute Gasteiger partial charge is 0.145 e. The van der Waals surface area contributed by atoms with Gasteiger partial charge in [0.25, 0.3) is 0 Å². The van der Waals surface area contributed by atoms with Crippen molar-refractivity contribution in [1.82, 2.24) is 4.57 Å². The van der Waals surface area contributed by atoms with Gasteiger partial charge in [0, 0.05) is 38.5 Å². The van der Waals surface area contributed by atoms with Crippen LogP contribution in [0.1, 0.15) is 0 Å². The second kappa shape index (κ2) is 15.7. The molecule has 14 rings (SSSR count). The minimum Gasteiger partial charge on any atom is -0.455 e. The molecule has 69 heavy (non-hydrogen) atoms. The van der Waals surface area contributed by atoms with E-state index < -0.39 is 0 Å². The molecule has 0 atom stereocenters. The van der Waals surface area contributed by atoms with Crippen LogP contribution in [0.4, 0.5) is 17.1 Å². The number of fused-ring (bicyclic) bond motifs is 9. The molecule has 0 spiro atoms. The first-order valence-corrected chi connectivity index (χ1v) is 23.7. The molecular formula is C66H42N2O. The first kappa shape index (κ1) is 39.0. The Bertz CT molecular complexity index is 4300. The van der Waals surface area contributed by atoms with Crippen LogP contribution in [0.3, 0.4) is 0 Å². The van der Waals surface area contributed by atoms with Crippen molar-refractivity contribution in [1.29, 1.82) is 0 Å². The zero-order valence-electron chi connectivity index (χ0n) is 37.6. The maximum Gasteiger partial charge on any atom is 0.145 e. The molecule has 0 radical (unpaired) electrons. The summed E-state index contributed by atoms with van der Waals surface area (Å²) in [6.45, 7) is 0. The van der Waals surface area contributed by atoms with Gasteiger partial charge in [0.15, 0.2) is 0 Å². The molecule has 2 heterocycles. The van der Waals surface area contributed by atoms with Gasteiger partial charge in [-0.05, 0) is 121 Å². The highest BCUT2D eigenvalue weighted by atomic mass is 16.3. The standard InChI is InChI=1S/C66H42N2O/c1-2-17-48-42-49(31-30-43(48)14-1)44-32-36-50(37-33-44)67(62-41-40-56(55-25-11-18-45-15-3-5-20-52(45)55)66-65(62)58-23-8-10-29-63(58)69-66)51-38-34-47(35-39-51)54-24-13-28-61-64(54)57-22-7-9-26-60(57)68(61)59-27-12-19-46-16-4-6-21-53(46)59/h1-42H. The Kier molecular flexibility index (Phi) is 8.90. The first-order chi connectivity index (χ1) is 34.2. The highest BCUT2D eigenvalue weighted by Crippen LogP contribution is 2.48. The third kappa shape index (κ3) is 6.29. The van der Waals surface area contributed by atoms with Crippen LogP contribution in [0.15, 0.2) is 259 Å². The lowest BCUT2D eigenvalue weighted by Crippen LogP contribution is -2.10. The van der Waals surface area contributed by atoms with Crippen molar-refractivity contribution >= 4 is 93.1 Å². The number of furan rings is 1. The van der Waals surface area contributed by atoms with Crippen molar-refractivity contribution < 1.29 is 4.42 Å². The van der Waals surface area contributed by atoms with Crippen molar-refractivity contribution in [3.8, 4) is 39.1 Å². The summed E-state index contributed by atoms with van der Waals surface area (Å²) < 4.78 is 9.38. The van der Waals surface area contributed by atoms with E-state index in [1.54, 1.807) is 0 Å². The van der Waals surface area contributed by atoms with Gasteiger partial charge in [0.2, 0.25) is 0 Å². The number of aromatic nitrogens is 1. The Labute approximate surface area is 399 Å². The summed E-state index contributed by atoms with van der Waals surface area (Å²) >= 11 is 0. The van der Waals surface area contributed by atoms with E-state index in [4.69, 9.17) is 4.42 Å². The lowest BCUT2D eigenvalue weighted by atomic mass is 9.95. The molecule has 0 unspecified atom stereocenters. The molecule has 3 nitrogen and oxygen atoms in total. The summed E-state index contributed by atoms with van der Waals surface area (Å²) in [5.74, 6) is 0. The summed E-state index contributed by atoms with van der Waals surface area (Å²) in [6, 6.07) is 92.4. The fourth-order valence-corrected chi connectivity index (χ4v) is 11.0. The molecule has 14 aromatic rings. The summed E-state index contributed by atoms with van der Waals surface area (Å²) in [6.07, 6.45) is 0. The average Bonchev–Trinajstić information content (AvgIpc) is 3.98. The largest absolute Gasteiger partial charge is 0.455 e. The van der Waals surface area contributed by atoms with E-state index in [0.29, 0.717) is 0 Å². The second-order valence-corrected chi connectivity index (χ2v) is 18.0.